The van der Waals surface area contributed by atoms with Crippen LogP contribution < -0.4 is 0 Å². The van der Waals surface area contributed by atoms with Gasteiger partial charge in [-0.1, -0.05) is 12.2 Å². The Hall–Kier alpha value is -0.690. The minimum Gasteiger partial charge on any atom is -0.306 e. The van der Waals surface area contributed by atoms with Gasteiger partial charge < -0.3 is 4.90 Å². The molecule has 0 fully saturated rings. The highest BCUT2D eigenvalue weighted by Crippen LogP contribution is 1.83. The molecule has 14 heavy (non-hydrogen) atoms. The van der Waals surface area contributed by atoms with Crippen molar-refractivity contribution in [1.29, 1.82) is 0 Å². The molecule has 0 saturated heterocycles. The van der Waals surface area contributed by atoms with Crippen molar-refractivity contribution in [1.82, 2.24) is 4.90 Å². The van der Waals surface area contributed by atoms with Crippen LogP contribution in [0.4, 0.5) is 0 Å². The van der Waals surface area contributed by atoms with Crippen LogP contribution in [-0.2, 0) is 14.6 Å². The van der Waals surface area contributed by atoms with Crippen molar-refractivity contribution in [3.8, 4) is 0 Å². The maximum absolute atomic E-state index is 9.68. The Labute approximate surface area is 85.6 Å². The molecule has 0 radical (unpaired) electrons. The Balaban J connectivity index is 0. The van der Waals surface area contributed by atoms with Crippen molar-refractivity contribution in [2.75, 3.05) is 27.2 Å². The van der Waals surface area contributed by atoms with Gasteiger partial charge in [-0.15, -0.1) is 13.2 Å². The van der Waals surface area contributed by atoms with Crippen molar-refractivity contribution >= 4 is 10.4 Å². The summed E-state index contributed by atoms with van der Waals surface area (Å²) in [5.41, 5.74) is 0. The van der Waals surface area contributed by atoms with E-state index < -0.39 is 10.4 Å². The largest absolute Gasteiger partial charge is 0.397 e. The molecule has 0 atom stereocenters. The number of hydrogen-bond donors (Lipinski definition) is 1. The molecule has 0 heterocycles. The average molecular weight is 223 g/mol. The summed E-state index contributed by atoms with van der Waals surface area (Å²) in [6.07, 6.45) is 3.09. The van der Waals surface area contributed by atoms with Gasteiger partial charge in [-0.05, 0) is 14.1 Å². The first-order valence-electron chi connectivity index (χ1n) is 3.81. The third kappa shape index (κ3) is 22.5. The van der Waals surface area contributed by atoms with Crippen LogP contribution in [0.3, 0.4) is 0 Å². The maximum Gasteiger partial charge on any atom is 0.397 e. The molecule has 1 N–H and O–H groups in total. The zero-order valence-corrected chi connectivity index (χ0v) is 9.33. The fourth-order valence-electron chi connectivity index (χ4n) is 0.392. The lowest BCUT2D eigenvalue weighted by molar-refractivity contribution is 0.296. The standard InChI is InChI=1S/C5H11N.C3H6O4S/c1-4-5-6(2)3;1-2-3-7-8(4,5)6/h4H,1,5H2,2-3H3;2H,1,3H2,(H,4,5,6). The molecule has 5 nitrogen and oxygen atoms in total. The molecule has 6 heteroatoms. The van der Waals surface area contributed by atoms with E-state index in [0.717, 1.165) is 6.54 Å². The minimum absolute atomic E-state index is 0.196. The van der Waals surface area contributed by atoms with Crippen LogP contribution in [-0.4, -0.2) is 45.1 Å². The van der Waals surface area contributed by atoms with Gasteiger partial charge in [-0.2, -0.15) is 8.42 Å². The molecule has 0 amide bonds. The second-order valence-electron chi connectivity index (χ2n) is 2.55. The molecule has 0 aliphatic heterocycles. The van der Waals surface area contributed by atoms with Gasteiger partial charge in [0.05, 0.1) is 6.61 Å². The van der Waals surface area contributed by atoms with Gasteiger partial charge in [-0.3, -0.25) is 4.55 Å². The van der Waals surface area contributed by atoms with E-state index in [9.17, 15) is 8.42 Å². The summed E-state index contributed by atoms with van der Waals surface area (Å²) >= 11 is 0. The van der Waals surface area contributed by atoms with Crippen molar-refractivity contribution in [3.05, 3.63) is 25.3 Å². The molecule has 0 aromatic rings. The highest BCUT2D eigenvalue weighted by atomic mass is 32.3. The molecule has 0 aliphatic rings. The Morgan fingerprint density at radius 1 is 1.36 bits per heavy atom. The lowest BCUT2D eigenvalue weighted by Crippen LogP contribution is -2.09. The second kappa shape index (κ2) is 8.89. The van der Waals surface area contributed by atoms with Crippen LogP contribution in [0.25, 0.3) is 0 Å². The second-order valence-corrected chi connectivity index (χ2v) is 3.64. The van der Waals surface area contributed by atoms with E-state index >= 15 is 0 Å². The van der Waals surface area contributed by atoms with Crippen LogP contribution >= 0.6 is 0 Å². The zero-order chi connectivity index (χ0) is 11.6. The van der Waals surface area contributed by atoms with Crippen LogP contribution in [0, 0.1) is 0 Å². The summed E-state index contributed by atoms with van der Waals surface area (Å²) in [7, 11) is -0.226. The zero-order valence-electron chi connectivity index (χ0n) is 8.51. The fourth-order valence-corrected chi connectivity index (χ4v) is 0.660. The minimum atomic E-state index is -4.26. The van der Waals surface area contributed by atoms with E-state index in [4.69, 9.17) is 4.55 Å². The van der Waals surface area contributed by atoms with Gasteiger partial charge in [0.2, 0.25) is 0 Å². The first-order chi connectivity index (χ1) is 6.33. The van der Waals surface area contributed by atoms with Crippen molar-refractivity contribution in [2.45, 2.75) is 0 Å². The normalized spacial score (nSPS) is 10.3. The van der Waals surface area contributed by atoms with Gasteiger partial charge >= 0.3 is 10.4 Å². The SMILES string of the molecule is C=CCN(C)C.C=CCOS(=O)(=O)O. The molecular formula is C8H17NO4S. The smallest absolute Gasteiger partial charge is 0.306 e. The molecular weight excluding hydrogens is 206 g/mol. The maximum atomic E-state index is 9.68. The molecule has 0 spiro atoms. The van der Waals surface area contributed by atoms with Crippen molar-refractivity contribution in [2.24, 2.45) is 0 Å². The van der Waals surface area contributed by atoms with Gasteiger partial charge in [0.1, 0.15) is 0 Å². The van der Waals surface area contributed by atoms with Gasteiger partial charge in [0, 0.05) is 6.54 Å². The van der Waals surface area contributed by atoms with Crippen LogP contribution in [0.15, 0.2) is 25.3 Å². The molecule has 0 saturated carbocycles. The lowest BCUT2D eigenvalue weighted by Gasteiger charge is -2.01. The van der Waals surface area contributed by atoms with Crippen LogP contribution in [0.1, 0.15) is 0 Å². The number of nitrogens with zero attached hydrogens (tertiary/aromatic N) is 1. The first-order valence-corrected chi connectivity index (χ1v) is 5.18. The van der Waals surface area contributed by atoms with Gasteiger partial charge in [0.25, 0.3) is 0 Å². The summed E-state index contributed by atoms with van der Waals surface area (Å²) < 4.78 is 31.0. The van der Waals surface area contributed by atoms with E-state index in [1.54, 1.807) is 0 Å². The Kier molecular flexibility index (Phi) is 10.0. The quantitative estimate of drug-likeness (QED) is 0.549. The van der Waals surface area contributed by atoms with Crippen LogP contribution in [0.2, 0.25) is 0 Å². The highest BCUT2D eigenvalue weighted by molar-refractivity contribution is 7.80. The predicted molar refractivity (Wildman–Crippen MR) is 56.4 cm³/mol. The third-order valence-electron chi connectivity index (χ3n) is 0.829. The van der Waals surface area contributed by atoms with Crippen LogP contribution in [0.5, 0.6) is 0 Å². The van der Waals surface area contributed by atoms with Gasteiger partial charge in [0.15, 0.2) is 0 Å². The Morgan fingerprint density at radius 2 is 1.86 bits per heavy atom. The number of hydrogen-bond acceptors (Lipinski definition) is 4. The highest BCUT2D eigenvalue weighted by Gasteiger charge is 1.99. The lowest BCUT2D eigenvalue weighted by atomic mass is 10.6. The van der Waals surface area contributed by atoms with Gasteiger partial charge in [-0.25, -0.2) is 4.18 Å². The summed E-state index contributed by atoms with van der Waals surface area (Å²) in [4.78, 5) is 2.06. The Bertz CT molecular complexity index is 246. The number of rotatable bonds is 5. The molecule has 0 aromatic carbocycles. The molecule has 84 valence electrons. The third-order valence-corrected chi connectivity index (χ3v) is 1.26. The van der Waals surface area contributed by atoms with Crippen molar-refractivity contribution in [3.63, 3.8) is 0 Å². The number of likely N-dealkylation sites (N-methyl/N-ethyl adjacent to an activating group) is 1. The molecule has 0 unspecified atom stereocenters. The predicted octanol–water partition coefficient (Wildman–Crippen LogP) is 0.726. The molecule has 0 aromatic heterocycles. The molecule has 0 aliphatic carbocycles. The van der Waals surface area contributed by atoms with Crippen molar-refractivity contribution < 1.29 is 17.2 Å². The van der Waals surface area contributed by atoms with E-state index in [1.807, 2.05) is 20.2 Å². The Morgan fingerprint density at radius 3 is 1.93 bits per heavy atom. The van der Waals surface area contributed by atoms with E-state index in [-0.39, 0.29) is 6.61 Å². The molecule has 0 rings (SSSR count). The van der Waals surface area contributed by atoms with E-state index in [0.29, 0.717) is 0 Å². The topological polar surface area (TPSA) is 66.8 Å². The van der Waals surface area contributed by atoms with E-state index in [1.165, 1.54) is 6.08 Å². The van der Waals surface area contributed by atoms with E-state index in [2.05, 4.69) is 22.2 Å². The summed E-state index contributed by atoms with van der Waals surface area (Å²) in [5, 5.41) is 0. The molecule has 0 bridgehead atoms. The summed E-state index contributed by atoms with van der Waals surface area (Å²) in [5.74, 6) is 0. The fraction of sp³-hybridized carbons (Fsp3) is 0.500. The monoisotopic (exact) mass is 223 g/mol. The average Bonchev–Trinajstić information content (AvgIpc) is 2.00. The summed E-state index contributed by atoms with van der Waals surface area (Å²) in [6.45, 7) is 7.50. The summed E-state index contributed by atoms with van der Waals surface area (Å²) in [6, 6.07) is 0. The first kappa shape index (κ1) is 15.8.